The summed E-state index contributed by atoms with van der Waals surface area (Å²) < 4.78 is 6.73. The molecular formula is C17H16N6O2. The largest absolute Gasteiger partial charge is 0.496 e. The molecule has 0 aliphatic heterocycles. The molecule has 25 heavy (non-hydrogen) atoms. The number of hydrazone groups is 1. The third kappa shape index (κ3) is 3.69. The third-order valence-corrected chi connectivity index (χ3v) is 3.58. The number of nitrogens with zero attached hydrogens (tertiary/aromatic N) is 5. The van der Waals surface area contributed by atoms with Gasteiger partial charge in [-0.2, -0.15) is 5.10 Å². The van der Waals surface area contributed by atoms with Crippen LogP contribution < -0.4 is 10.2 Å². The van der Waals surface area contributed by atoms with Gasteiger partial charge in [0.1, 0.15) is 12.1 Å². The summed E-state index contributed by atoms with van der Waals surface area (Å²) in [6.07, 6.45) is 1.52. The predicted molar refractivity (Wildman–Crippen MR) is 91.8 cm³/mol. The minimum Gasteiger partial charge on any atom is -0.496 e. The molecule has 1 aromatic heterocycles. The van der Waals surface area contributed by atoms with Crippen molar-refractivity contribution < 1.29 is 9.53 Å². The summed E-state index contributed by atoms with van der Waals surface area (Å²) in [4.78, 5) is 12.2. The predicted octanol–water partition coefficient (Wildman–Crippen LogP) is 1.82. The highest BCUT2D eigenvalue weighted by molar-refractivity contribution is 6.01. The van der Waals surface area contributed by atoms with Gasteiger partial charge in [0.2, 0.25) is 0 Å². The zero-order valence-corrected chi connectivity index (χ0v) is 13.7. The van der Waals surface area contributed by atoms with Crippen molar-refractivity contribution in [2.75, 3.05) is 7.11 Å². The number of aromatic nitrogens is 4. The highest BCUT2D eigenvalue weighted by atomic mass is 16.5. The number of hydrogen-bond donors (Lipinski definition) is 1. The third-order valence-electron chi connectivity index (χ3n) is 3.58. The van der Waals surface area contributed by atoms with Crippen molar-refractivity contribution in [3.63, 3.8) is 0 Å². The number of benzene rings is 2. The SMILES string of the molecule is COc1ccccc1C(=O)NN=C(C)c1ccc(-n2cnnn2)cc1. The first-order chi connectivity index (χ1) is 12.2. The van der Waals surface area contributed by atoms with Crippen LogP contribution in [-0.4, -0.2) is 38.9 Å². The molecule has 1 amide bonds. The Morgan fingerprint density at radius 3 is 2.60 bits per heavy atom. The van der Waals surface area contributed by atoms with Gasteiger partial charge in [-0.15, -0.1) is 5.10 Å². The Labute approximate surface area is 144 Å². The van der Waals surface area contributed by atoms with E-state index in [2.05, 4.69) is 26.1 Å². The van der Waals surface area contributed by atoms with E-state index < -0.39 is 0 Å². The standard InChI is InChI=1S/C17H16N6O2/c1-12(13-7-9-14(10-8-13)23-11-18-21-22-23)19-20-17(24)15-5-3-4-6-16(15)25-2/h3-11H,1-2H3,(H,20,24). The van der Waals surface area contributed by atoms with E-state index in [4.69, 9.17) is 4.74 Å². The van der Waals surface area contributed by atoms with Gasteiger partial charge in [-0.05, 0) is 47.2 Å². The Balaban J connectivity index is 1.72. The van der Waals surface area contributed by atoms with E-state index >= 15 is 0 Å². The summed E-state index contributed by atoms with van der Waals surface area (Å²) in [6, 6.07) is 14.5. The molecule has 0 fully saturated rings. The van der Waals surface area contributed by atoms with E-state index in [-0.39, 0.29) is 5.91 Å². The zero-order chi connectivity index (χ0) is 17.6. The summed E-state index contributed by atoms with van der Waals surface area (Å²) in [7, 11) is 1.52. The van der Waals surface area contributed by atoms with Crippen molar-refractivity contribution in [3.8, 4) is 11.4 Å². The van der Waals surface area contributed by atoms with E-state index in [0.29, 0.717) is 17.0 Å². The highest BCUT2D eigenvalue weighted by Gasteiger charge is 2.10. The number of rotatable bonds is 5. The quantitative estimate of drug-likeness (QED) is 0.566. The maximum atomic E-state index is 12.2. The van der Waals surface area contributed by atoms with Gasteiger partial charge in [-0.25, -0.2) is 10.1 Å². The number of tetrazole rings is 1. The Hall–Kier alpha value is -3.55. The lowest BCUT2D eigenvalue weighted by atomic mass is 10.1. The molecule has 1 N–H and O–H groups in total. The van der Waals surface area contributed by atoms with Crippen LogP contribution >= 0.6 is 0 Å². The number of carbonyl (C=O) groups is 1. The Bertz CT molecular complexity index is 888. The molecule has 0 saturated heterocycles. The van der Waals surface area contributed by atoms with Crippen LogP contribution in [0.15, 0.2) is 60.0 Å². The number of methoxy groups -OCH3 is 1. The molecule has 0 bridgehead atoms. The highest BCUT2D eigenvalue weighted by Crippen LogP contribution is 2.17. The molecule has 126 valence electrons. The summed E-state index contributed by atoms with van der Waals surface area (Å²) >= 11 is 0. The summed E-state index contributed by atoms with van der Waals surface area (Å²) in [6.45, 7) is 1.81. The average Bonchev–Trinajstić information content (AvgIpc) is 3.20. The number of nitrogens with one attached hydrogen (secondary N) is 1. The van der Waals surface area contributed by atoms with Crippen LogP contribution in [0, 0.1) is 0 Å². The number of amides is 1. The minimum atomic E-state index is -0.331. The molecular weight excluding hydrogens is 320 g/mol. The topological polar surface area (TPSA) is 94.3 Å². The Morgan fingerprint density at radius 2 is 1.92 bits per heavy atom. The summed E-state index contributed by atoms with van der Waals surface area (Å²) in [5, 5.41) is 15.2. The van der Waals surface area contributed by atoms with Gasteiger partial charge in [-0.1, -0.05) is 24.3 Å². The summed E-state index contributed by atoms with van der Waals surface area (Å²) in [5.74, 6) is 0.167. The number of para-hydroxylation sites is 1. The molecule has 0 radical (unpaired) electrons. The Morgan fingerprint density at radius 1 is 1.16 bits per heavy atom. The van der Waals surface area contributed by atoms with Crippen LogP contribution in [0.5, 0.6) is 5.75 Å². The smallest absolute Gasteiger partial charge is 0.275 e. The van der Waals surface area contributed by atoms with Gasteiger partial charge < -0.3 is 4.74 Å². The van der Waals surface area contributed by atoms with Gasteiger partial charge in [0, 0.05) is 0 Å². The van der Waals surface area contributed by atoms with E-state index in [0.717, 1.165) is 11.3 Å². The molecule has 8 nitrogen and oxygen atoms in total. The van der Waals surface area contributed by atoms with Gasteiger partial charge in [0.15, 0.2) is 0 Å². The van der Waals surface area contributed by atoms with Crippen LogP contribution in [0.1, 0.15) is 22.8 Å². The number of ether oxygens (including phenoxy) is 1. The molecule has 3 rings (SSSR count). The second kappa shape index (κ2) is 7.35. The van der Waals surface area contributed by atoms with Crippen LogP contribution in [0.4, 0.5) is 0 Å². The van der Waals surface area contributed by atoms with E-state index in [9.17, 15) is 4.79 Å². The Kier molecular flexibility index (Phi) is 4.79. The van der Waals surface area contributed by atoms with Gasteiger partial charge in [0.05, 0.1) is 24.1 Å². The molecule has 1 heterocycles. The first kappa shape index (κ1) is 16.3. The fourth-order valence-corrected chi connectivity index (χ4v) is 2.23. The fourth-order valence-electron chi connectivity index (χ4n) is 2.23. The van der Waals surface area contributed by atoms with Crippen molar-refractivity contribution in [3.05, 3.63) is 66.0 Å². The molecule has 0 aliphatic carbocycles. The number of hydrogen-bond acceptors (Lipinski definition) is 6. The average molecular weight is 336 g/mol. The van der Waals surface area contributed by atoms with Crippen molar-refractivity contribution in [1.29, 1.82) is 0 Å². The summed E-state index contributed by atoms with van der Waals surface area (Å²) in [5.41, 5.74) is 5.35. The monoisotopic (exact) mass is 336 g/mol. The van der Waals surface area contributed by atoms with E-state index in [1.54, 1.807) is 28.9 Å². The lowest BCUT2D eigenvalue weighted by Crippen LogP contribution is -2.20. The lowest BCUT2D eigenvalue weighted by Gasteiger charge is -2.07. The van der Waals surface area contributed by atoms with Crippen LogP contribution in [0.25, 0.3) is 5.69 Å². The van der Waals surface area contributed by atoms with Crippen LogP contribution in [0.2, 0.25) is 0 Å². The maximum Gasteiger partial charge on any atom is 0.275 e. The van der Waals surface area contributed by atoms with Crippen molar-refractivity contribution >= 4 is 11.6 Å². The fraction of sp³-hybridized carbons (Fsp3) is 0.118. The molecule has 2 aromatic carbocycles. The minimum absolute atomic E-state index is 0.331. The van der Waals surface area contributed by atoms with Crippen LogP contribution in [-0.2, 0) is 0 Å². The van der Waals surface area contributed by atoms with Crippen molar-refractivity contribution in [1.82, 2.24) is 25.6 Å². The number of carbonyl (C=O) groups excluding carboxylic acids is 1. The van der Waals surface area contributed by atoms with Crippen molar-refractivity contribution in [2.24, 2.45) is 5.10 Å². The molecule has 0 spiro atoms. The maximum absolute atomic E-state index is 12.2. The van der Waals surface area contributed by atoms with Gasteiger partial charge in [0.25, 0.3) is 5.91 Å². The molecule has 3 aromatic rings. The molecule has 8 heteroatoms. The van der Waals surface area contributed by atoms with Crippen molar-refractivity contribution in [2.45, 2.75) is 6.92 Å². The zero-order valence-electron chi connectivity index (χ0n) is 13.7. The molecule has 0 atom stereocenters. The lowest BCUT2D eigenvalue weighted by molar-refractivity contribution is 0.0952. The normalized spacial score (nSPS) is 11.2. The van der Waals surface area contributed by atoms with Gasteiger partial charge in [-0.3, -0.25) is 4.79 Å². The van der Waals surface area contributed by atoms with E-state index in [1.807, 2.05) is 31.2 Å². The molecule has 0 saturated carbocycles. The van der Waals surface area contributed by atoms with Gasteiger partial charge >= 0.3 is 0 Å². The van der Waals surface area contributed by atoms with Crippen LogP contribution in [0.3, 0.4) is 0 Å². The first-order valence-corrected chi connectivity index (χ1v) is 7.50. The second-order valence-electron chi connectivity index (χ2n) is 5.14. The second-order valence-corrected chi connectivity index (χ2v) is 5.14. The molecule has 0 aliphatic rings. The van der Waals surface area contributed by atoms with E-state index in [1.165, 1.54) is 13.4 Å². The first-order valence-electron chi connectivity index (χ1n) is 7.50. The molecule has 0 unspecified atom stereocenters.